The molecular weight excluding hydrogens is 324 g/mol. The van der Waals surface area contributed by atoms with Crippen LogP contribution in [-0.4, -0.2) is 21.9 Å². The molecule has 0 bridgehead atoms. The fraction of sp³-hybridized carbons (Fsp3) is 0.273. The minimum absolute atomic E-state index is 0.0874. The quantitative estimate of drug-likeness (QED) is 0.837. The number of nitrogens with zero attached hydrogens (tertiary/aromatic N) is 2. The average molecular weight is 334 g/mol. The Balaban J connectivity index is 2.36. The van der Waals surface area contributed by atoms with Gasteiger partial charge >= 0.3 is 0 Å². The second-order valence-electron chi connectivity index (χ2n) is 3.80. The fourth-order valence-corrected chi connectivity index (χ4v) is 1.96. The van der Waals surface area contributed by atoms with Crippen LogP contribution in [0, 0.1) is 11.6 Å². The van der Waals surface area contributed by atoms with E-state index in [1.807, 2.05) is 0 Å². The maximum absolute atomic E-state index is 13.4. The van der Waals surface area contributed by atoms with Gasteiger partial charge in [0, 0.05) is 12.2 Å². The summed E-state index contributed by atoms with van der Waals surface area (Å²) in [5.41, 5.74) is 5.94. The number of hydrogen-bond donors (Lipinski definition) is 2. The summed E-state index contributed by atoms with van der Waals surface area (Å²) < 4.78 is 31.2. The number of nitrogens with two attached hydrogens (primary N) is 1. The van der Waals surface area contributed by atoms with Crippen molar-refractivity contribution < 1.29 is 18.4 Å². The third-order valence-electron chi connectivity index (χ3n) is 2.48. The van der Waals surface area contributed by atoms with Crippen LogP contribution in [-0.2, 0) is 0 Å². The van der Waals surface area contributed by atoms with Crippen LogP contribution in [0.2, 0.25) is 0 Å². The van der Waals surface area contributed by atoms with Crippen molar-refractivity contribution in [3.63, 3.8) is 0 Å². The van der Waals surface area contributed by atoms with Gasteiger partial charge < -0.3 is 15.4 Å². The first kappa shape index (κ1) is 14.0. The van der Waals surface area contributed by atoms with E-state index >= 15 is 0 Å². The minimum Gasteiger partial charge on any atom is -0.396 e. The molecule has 1 unspecified atom stereocenters. The van der Waals surface area contributed by atoms with E-state index in [2.05, 4.69) is 26.1 Å². The van der Waals surface area contributed by atoms with Gasteiger partial charge in [-0.25, -0.2) is 8.78 Å². The standard InChI is InChI=1S/C11H10BrF2N3O2/c12-8-5(1-2-6(13)9(8)14)10-16-11(19-17-10)7(15)3-4-18/h1-2,7,18H,3-4,15H2. The first-order chi connectivity index (χ1) is 9.04. The predicted octanol–water partition coefficient (Wildman–Crippen LogP) is 2.16. The van der Waals surface area contributed by atoms with Crippen molar-refractivity contribution >= 4 is 15.9 Å². The van der Waals surface area contributed by atoms with Crippen LogP contribution in [0.5, 0.6) is 0 Å². The van der Waals surface area contributed by atoms with Crippen molar-refractivity contribution in [2.75, 3.05) is 6.61 Å². The summed E-state index contributed by atoms with van der Waals surface area (Å²) in [5, 5.41) is 12.4. The molecule has 0 aliphatic heterocycles. The fourth-order valence-electron chi connectivity index (χ4n) is 1.46. The van der Waals surface area contributed by atoms with E-state index < -0.39 is 17.7 Å². The Morgan fingerprint density at radius 1 is 1.42 bits per heavy atom. The van der Waals surface area contributed by atoms with Crippen LogP contribution < -0.4 is 5.73 Å². The lowest BCUT2D eigenvalue weighted by molar-refractivity contribution is 0.259. The van der Waals surface area contributed by atoms with E-state index in [4.69, 9.17) is 15.4 Å². The molecule has 1 heterocycles. The number of hydrogen-bond acceptors (Lipinski definition) is 5. The number of benzene rings is 1. The molecule has 8 heteroatoms. The van der Waals surface area contributed by atoms with Gasteiger partial charge in [-0.1, -0.05) is 5.16 Å². The zero-order valence-corrected chi connectivity index (χ0v) is 11.2. The molecule has 1 aromatic carbocycles. The molecule has 0 aliphatic carbocycles. The van der Waals surface area contributed by atoms with E-state index in [0.717, 1.165) is 6.07 Å². The minimum atomic E-state index is -1.02. The maximum Gasteiger partial charge on any atom is 0.243 e. The van der Waals surface area contributed by atoms with Gasteiger partial charge in [0.25, 0.3) is 0 Å². The number of aliphatic hydroxyl groups excluding tert-OH is 1. The summed E-state index contributed by atoms with van der Waals surface area (Å²) in [6.45, 7) is -0.117. The Kier molecular flexibility index (Phi) is 4.23. The van der Waals surface area contributed by atoms with Crippen LogP contribution in [0.15, 0.2) is 21.1 Å². The van der Waals surface area contributed by atoms with E-state index in [9.17, 15) is 8.78 Å². The summed E-state index contributed by atoms with van der Waals surface area (Å²) in [7, 11) is 0. The SMILES string of the molecule is NC(CCO)c1nc(-c2ccc(F)c(F)c2Br)no1. The molecule has 0 saturated heterocycles. The predicted molar refractivity (Wildman–Crippen MR) is 66.0 cm³/mol. The molecule has 1 atom stereocenters. The summed E-state index contributed by atoms with van der Waals surface area (Å²) in [6.07, 6.45) is 0.264. The molecule has 0 aliphatic rings. The van der Waals surface area contributed by atoms with Gasteiger partial charge in [0.05, 0.1) is 10.5 Å². The largest absolute Gasteiger partial charge is 0.396 e. The van der Waals surface area contributed by atoms with E-state index in [1.54, 1.807) is 0 Å². The second kappa shape index (κ2) is 5.72. The first-order valence-electron chi connectivity index (χ1n) is 5.38. The Labute approximate surface area is 115 Å². The molecular formula is C11H10BrF2N3O2. The highest BCUT2D eigenvalue weighted by molar-refractivity contribution is 9.10. The number of aromatic nitrogens is 2. The summed E-state index contributed by atoms with van der Waals surface area (Å²) in [4.78, 5) is 4.00. The van der Waals surface area contributed by atoms with Crippen LogP contribution in [0.4, 0.5) is 8.78 Å². The molecule has 0 saturated carbocycles. The maximum atomic E-state index is 13.4. The van der Waals surface area contributed by atoms with Crippen LogP contribution in [0.3, 0.4) is 0 Å². The Hall–Kier alpha value is -1.38. The van der Waals surface area contributed by atoms with E-state index in [0.29, 0.717) is 0 Å². The Morgan fingerprint density at radius 3 is 2.84 bits per heavy atom. The molecule has 102 valence electrons. The average Bonchev–Trinajstić information content (AvgIpc) is 2.86. The van der Waals surface area contributed by atoms with Gasteiger partial charge in [0.1, 0.15) is 0 Å². The monoisotopic (exact) mass is 333 g/mol. The molecule has 0 radical (unpaired) electrons. The molecule has 19 heavy (non-hydrogen) atoms. The number of rotatable bonds is 4. The zero-order chi connectivity index (χ0) is 14.0. The van der Waals surface area contributed by atoms with Crippen molar-refractivity contribution in [2.45, 2.75) is 12.5 Å². The molecule has 1 aromatic heterocycles. The lowest BCUT2D eigenvalue weighted by Crippen LogP contribution is -2.12. The lowest BCUT2D eigenvalue weighted by Gasteiger charge is -2.02. The van der Waals surface area contributed by atoms with E-state index in [1.165, 1.54) is 6.07 Å². The van der Waals surface area contributed by atoms with Crippen LogP contribution in [0.1, 0.15) is 18.4 Å². The zero-order valence-electron chi connectivity index (χ0n) is 9.61. The van der Waals surface area contributed by atoms with Gasteiger partial charge in [-0.15, -0.1) is 0 Å². The highest BCUT2D eigenvalue weighted by atomic mass is 79.9. The smallest absolute Gasteiger partial charge is 0.243 e. The second-order valence-corrected chi connectivity index (χ2v) is 4.59. The highest BCUT2D eigenvalue weighted by Gasteiger charge is 2.19. The van der Waals surface area contributed by atoms with Crippen molar-refractivity contribution in [3.8, 4) is 11.4 Å². The Bertz CT molecular complexity index is 591. The third-order valence-corrected chi connectivity index (χ3v) is 3.25. The molecule has 3 N–H and O–H groups in total. The summed E-state index contributed by atoms with van der Waals surface area (Å²) in [6, 6.07) is 1.70. The van der Waals surface area contributed by atoms with Crippen molar-refractivity contribution in [1.82, 2.24) is 10.1 Å². The van der Waals surface area contributed by atoms with Crippen molar-refractivity contribution in [3.05, 3.63) is 34.1 Å². The summed E-state index contributed by atoms with van der Waals surface area (Å²) >= 11 is 2.94. The van der Waals surface area contributed by atoms with Gasteiger partial charge in [0.15, 0.2) is 11.6 Å². The van der Waals surface area contributed by atoms with Crippen molar-refractivity contribution in [2.24, 2.45) is 5.73 Å². The van der Waals surface area contributed by atoms with Gasteiger partial charge in [0.2, 0.25) is 11.7 Å². The molecule has 0 amide bonds. The highest BCUT2D eigenvalue weighted by Crippen LogP contribution is 2.30. The van der Waals surface area contributed by atoms with Crippen LogP contribution >= 0.6 is 15.9 Å². The van der Waals surface area contributed by atoms with Gasteiger partial charge in [-0.2, -0.15) is 4.98 Å². The summed E-state index contributed by atoms with van der Waals surface area (Å²) in [5.74, 6) is -1.78. The molecule has 0 fully saturated rings. The van der Waals surface area contributed by atoms with E-state index in [-0.39, 0.29) is 34.8 Å². The lowest BCUT2D eigenvalue weighted by atomic mass is 10.2. The number of halogens is 3. The van der Waals surface area contributed by atoms with Crippen molar-refractivity contribution in [1.29, 1.82) is 0 Å². The Morgan fingerprint density at radius 2 is 2.16 bits per heavy atom. The van der Waals surface area contributed by atoms with Gasteiger partial charge in [-0.05, 0) is 34.5 Å². The molecule has 5 nitrogen and oxygen atoms in total. The van der Waals surface area contributed by atoms with Crippen LogP contribution in [0.25, 0.3) is 11.4 Å². The van der Waals surface area contributed by atoms with Gasteiger partial charge in [-0.3, -0.25) is 0 Å². The number of aliphatic hydroxyl groups is 1. The normalized spacial score (nSPS) is 12.7. The third kappa shape index (κ3) is 2.80. The first-order valence-corrected chi connectivity index (χ1v) is 6.17. The molecule has 0 spiro atoms. The molecule has 2 rings (SSSR count). The topological polar surface area (TPSA) is 85.2 Å². The molecule has 2 aromatic rings.